The molecule has 10 atom stereocenters. The van der Waals surface area contributed by atoms with Crippen molar-refractivity contribution in [3.63, 3.8) is 0 Å². The molecule has 0 saturated heterocycles. The van der Waals surface area contributed by atoms with Crippen molar-refractivity contribution in [1.82, 2.24) is 5.32 Å². The first kappa shape index (κ1) is 16.9. The van der Waals surface area contributed by atoms with Crippen LogP contribution in [-0.4, -0.2) is 53.5 Å². The molecule has 4 aliphatic carbocycles. The number of fused-ring (bicyclic) bond motifs is 5. The number of hydrogen-bond acceptors (Lipinski definition) is 5. The highest BCUT2D eigenvalue weighted by atomic mass is 32.2. The number of aliphatic hydroxyl groups is 2. The van der Waals surface area contributed by atoms with Crippen molar-refractivity contribution in [1.29, 1.82) is 0 Å². The molecule has 196 valence electrons. The summed E-state index contributed by atoms with van der Waals surface area (Å²) in [6.07, 6.45) is -14.1. The molecule has 8 heteroatoms. The molecule has 34 heavy (non-hydrogen) atoms. The highest BCUT2D eigenvalue weighted by molar-refractivity contribution is 7.85. The summed E-state index contributed by atoms with van der Waals surface area (Å²) in [5.41, 5.74) is -2.26. The smallest absolute Gasteiger partial charge is 0.266 e. The molecule has 4 saturated carbocycles. The lowest BCUT2D eigenvalue weighted by Crippen LogP contribution is -2.58. The molecule has 0 aromatic heterocycles. The van der Waals surface area contributed by atoms with Crippen molar-refractivity contribution < 1.29 is 40.3 Å². The van der Waals surface area contributed by atoms with Gasteiger partial charge >= 0.3 is 0 Å². The first-order chi connectivity index (χ1) is 19.2. The first-order valence-corrected chi connectivity index (χ1v) is 13.9. The molecule has 1 amide bonds. The molecule has 0 heterocycles. The summed E-state index contributed by atoms with van der Waals surface area (Å²) in [6, 6.07) is 0. The molecular formula is C26H45NO6S. The Morgan fingerprint density at radius 3 is 2.56 bits per heavy atom. The average Bonchev–Trinajstić information content (AvgIpc) is 3.17. The number of hydrogen-bond donors (Lipinski definition) is 4. The summed E-state index contributed by atoms with van der Waals surface area (Å²) in [5.74, 6) is -6.94. The van der Waals surface area contributed by atoms with Gasteiger partial charge in [-0.1, -0.05) is 20.8 Å². The minimum atomic E-state index is -4.21. The van der Waals surface area contributed by atoms with Crippen LogP contribution in [0.25, 0.3) is 0 Å². The minimum absolute atomic E-state index is 0.0683. The number of nitrogens with one attached hydrogen (secondary N) is 1. The van der Waals surface area contributed by atoms with Crippen LogP contribution in [0.1, 0.15) is 97.2 Å². The maximum Gasteiger partial charge on any atom is 0.266 e. The normalized spacial score (nSPS) is 59.9. The Hall–Kier alpha value is -0.700. The van der Waals surface area contributed by atoms with E-state index in [4.69, 9.17) is 15.5 Å². The fourth-order valence-corrected chi connectivity index (χ4v) is 7.74. The first-order valence-electron chi connectivity index (χ1n) is 16.8. The van der Waals surface area contributed by atoms with E-state index in [1.54, 1.807) is 0 Å². The maximum absolute atomic E-state index is 12.3. The summed E-state index contributed by atoms with van der Waals surface area (Å²) < 4.78 is 110. The largest absolute Gasteiger partial charge is 0.393 e. The average molecular weight is 509 g/mol. The van der Waals surface area contributed by atoms with Gasteiger partial charge in [0.15, 0.2) is 0 Å². The van der Waals surface area contributed by atoms with E-state index in [0.29, 0.717) is 25.7 Å². The summed E-state index contributed by atoms with van der Waals surface area (Å²) in [5, 5.41) is 25.1. The fraction of sp³-hybridized carbons (Fsp3) is 0.962. The van der Waals surface area contributed by atoms with Crippen LogP contribution in [0.5, 0.6) is 0 Å². The maximum atomic E-state index is 12.3. The lowest BCUT2D eigenvalue weighted by molar-refractivity contribution is -0.174. The molecule has 4 unspecified atom stereocenters. The van der Waals surface area contributed by atoms with Gasteiger partial charge in [-0.15, -0.1) is 0 Å². The molecular weight excluding hydrogens is 454 g/mol. The Kier molecular flexibility index (Phi) is 4.80. The highest BCUT2D eigenvalue weighted by Gasteiger charge is 2.62. The molecule has 4 aliphatic rings. The Morgan fingerprint density at radius 2 is 1.85 bits per heavy atom. The van der Waals surface area contributed by atoms with Crippen molar-refractivity contribution in [3.05, 3.63) is 0 Å². The van der Waals surface area contributed by atoms with Gasteiger partial charge in [-0.05, 0) is 104 Å². The third-order valence-electron chi connectivity index (χ3n) is 9.26. The van der Waals surface area contributed by atoms with Crippen molar-refractivity contribution in [3.8, 4) is 0 Å². The molecule has 0 bridgehead atoms. The molecule has 0 spiro atoms. The molecule has 0 aromatic rings. The molecule has 0 aromatic carbocycles. The van der Waals surface area contributed by atoms with Gasteiger partial charge in [0.2, 0.25) is 5.91 Å². The van der Waals surface area contributed by atoms with Crippen LogP contribution in [0.4, 0.5) is 0 Å². The SMILES string of the molecule is [2H]C1([2H])C[C@@]2(C)C(C([2H])([2H])[C@]1([2H])O)C([2H])([2H])[C@@]([2H])(O)C1([2H])C2CC[C@@]2(C)C1CC[C@H]2[C@H](C)CCC(=O)NCCS(=O)(=O)O. The minimum Gasteiger partial charge on any atom is -0.393 e. The second-order valence-electron chi connectivity index (χ2n) is 11.2. The van der Waals surface area contributed by atoms with Gasteiger partial charge in [0, 0.05) is 22.6 Å². The molecule has 4 rings (SSSR count). The van der Waals surface area contributed by atoms with Gasteiger partial charge in [0.1, 0.15) is 0 Å². The zero-order valence-corrected chi connectivity index (χ0v) is 21.0. The van der Waals surface area contributed by atoms with Gasteiger partial charge in [-0.3, -0.25) is 9.35 Å². The summed E-state index contributed by atoms with van der Waals surface area (Å²) >= 11 is 0. The molecule has 4 fully saturated rings. The zero-order valence-electron chi connectivity index (χ0n) is 29.2. The predicted octanol–water partition coefficient (Wildman–Crippen LogP) is 3.40. The van der Waals surface area contributed by atoms with E-state index in [2.05, 4.69) is 5.32 Å². The van der Waals surface area contributed by atoms with E-state index in [9.17, 15) is 24.8 Å². The van der Waals surface area contributed by atoms with Crippen molar-refractivity contribution in [2.45, 2.75) is 97.0 Å². The van der Waals surface area contributed by atoms with E-state index in [1.807, 2.05) is 13.8 Å². The van der Waals surface area contributed by atoms with Crippen molar-refractivity contribution >= 4 is 16.0 Å². The molecule has 4 N–H and O–H groups in total. The van der Waals surface area contributed by atoms with Crippen LogP contribution in [0, 0.1) is 46.3 Å². The van der Waals surface area contributed by atoms with Crippen LogP contribution in [0.15, 0.2) is 0 Å². The van der Waals surface area contributed by atoms with Gasteiger partial charge < -0.3 is 15.5 Å². The zero-order chi connectivity index (χ0) is 33.0. The summed E-state index contributed by atoms with van der Waals surface area (Å²) in [7, 11) is -4.21. The van der Waals surface area contributed by atoms with Gasteiger partial charge in [-0.2, -0.15) is 8.42 Å². The van der Waals surface area contributed by atoms with Crippen LogP contribution < -0.4 is 5.32 Å². The Morgan fingerprint density at radius 1 is 1.15 bits per heavy atom. The lowest BCUT2D eigenvalue weighted by atomic mass is 9.43. The molecule has 0 radical (unpaired) electrons. The monoisotopic (exact) mass is 508 g/mol. The van der Waals surface area contributed by atoms with E-state index < -0.39 is 88.0 Å². The topological polar surface area (TPSA) is 124 Å². The second-order valence-corrected chi connectivity index (χ2v) is 12.8. The van der Waals surface area contributed by atoms with E-state index in [-0.39, 0.29) is 37.1 Å². The quantitative estimate of drug-likeness (QED) is 0.391. The standard InChI is InChI=1S/C26H45NO6S/c1-16(4-7-23(30)27-12-13-34(31,32)33)19-5-6-20-24-21(9-11-26(19,20)3)25(2)10-8-18(28)14-17(25)15-22(24)29/h16-22,24,28-29H,4-15H2,1-3H3,(H,27,30)(H,31,32,33)/t16-,17?,18-,19+,20?,21?,22-,24?,25+,26-/m1/s1/i8D2,14D2,15D2,18D,22D,24D. The second kappa shape index (κ2) is 9.64. The third kappa shape index (κ3) is 4.94. The lowest BCUT2D eigenvalue weighted by Gasteiger charge is -2.62. The van der Waals surface area contributed by atoms with Crippen LogP contribution in [-0.2, 0) is 14.9 Å². The Labute approximate surface area is 217 Å². The fourth-order valence-electron chi connectivity index (χ4n) is 7.38. The Bertz CT molecular complexity index is 1250. The van der Waals surface area contributed by atoms with Gasteiger partial charge in [-0.25, -0.2) is 0 Å². The molecule has 0 aliphatic heterocycles. The molecule has 7 nitrogen and oxygen atoms in total. The van der Waals surface area contributed by atoms with Gasteiger partial charge in [0.25, 0.3) is 10.1 Å². The van der Waals surface area contributed by atoms with E-state index in [1.165, 1.54) is 6.92 Å². The van der Waals surface area contributed by atoms with Crippen LogP contribution >= 0.6 is 0 Å². The van der Waals surface area contributed by atoms with E-state index in [0.717, 1.165) is 0 Å². The van der Waals surface area contributed by atoms with Crippen molar-refractivity contribution in [2.24, 2.45) is 46.3 Å². The summed E-state index contributed by atoms with van der Waals surface area (Å²) in [4.78, 5) is 12.3. The third-order valence-corrected chi connectivity index (χ3v) is 9.98. The Balaban J connectivity index is 1.66. The van der Waals surface area contributed by atoms with E-state index >= 15 is 0 Å². The number of amides is 1. The van der Waals surface area contributed by atoms with Crippen molar-refractivity contribution in [2.75, 3.05) is 12.3 Å². The number of rotatable bonds is 7. The number of carbonyl (C=O) groups is 1. The number of carbonyl (C=O) groups excluding carboxylic acids is 1. The van der Waals surface area contributed by atoms with Gasteiger partial charge in [0.05, 0.1) is 20.7 Å². The highest BCUT2D eigenvalue weighted by Crippen LogP contribution is 2.68. The summed E-state index contributed by atoms with van der Waals surface area (Å²) in [6.45, 7) is 5.17. The van der Waals surface area contributed by atoms with Crippen LogP contribution in [0.3, 0.4) is 0 Å². The van der Waals surface area contributed by atoms with Crippen LogP contribution in [0.2, 0.25) is 0 Å². The predicted molar refractivity (Wildman–Crippen MR) is 130 cm³/mol.